The number of thiazole rings is 1. The molecule has 0 spiro atoms. The molecule has 0 aliphatic heterocycles. The molecular formula is C14H16Cl2N2S. The van der Waals surface area contributed by atoms with Gasteiger partial charge in [0, 0.05) is 10.9 Å². The second-order valence-corrected chi connectivity index (χ2v) is 6.53. The van der Waals surface area contributed by atoms with E-state index in [4.69, 9.17) is 23.2 Å². The Kier molecular flexibility index (Phi) is 4.85. The first kappa shape index (κ1) is 14.8. The fraction of sp³-hybridized carbons (Fsp3) is 0.357. The molecule has 2 rings (SSSR count). The number of rotatable bonds is 4. The Balaban J connectivity index is 2.23. The summed E-state index contributed by atoms with van der Waals surface area (Å²) in [6.45, 7) is 4.09. The maximum Gasteiger partial charge on any atom is 0.0900 e. The zero-order valence-electron chi connectivity index (χ0n) is 11.1. The third kappa shape index (κ3) is 3.48. The van der Waals surface area contributed by atoms with Crippen LogP contribution in [0.5, 0.6) is 0 Å². The summed E-state index contributed by atoms with van der Waals surface area (Å²) in [6, 6.07) is 6.04. The molecule has 1 N–H and O–H groups in total. The number of hydrogen-bond acceptors (Lipinski definition) is 3. The number of hydrogen-bond donors (Lipinski definition) is 1. The highest BCUT2D eigenvalue weighted by atomic mass is 35.5. The van der Waals surface area contributed by atoms with E-state index in [-0.39, 0.29) is 6.04 Å². The monoisotopic (exact) mass is 314 g/mol. The highest BCUT2D eigenvalue weighted by Gasteiger charge is 2.16. The van der Waals surface area contributed by atoms with Gasteiger partial charge in [-0.1, -0.05) is 29.3 Å². The molecule has 1 unspecified atom stereocenters. The van der Waals surface area contributed by atoms with Crippen LogP contribution in [0.3, 0.4) is 0 Å². The van der Waals surface area contributed by atoms with Gasteiger partial charge in [-0.15, -0.1) is 11.3 Å². The first-order valence-electron chi connectivity index (χ1n) is 6.06. The van der Waals surface area contributed by atoms with Crippen molar-refractivity contribution in [1.29, 1.82) is 0 Å². The van der Waals surface area contributed by atoms with E-state index in [0.29, 0.717) is 10.0 Å². The molecule has 0 aliphatic carbocycles. The van der Waals surface area contributed by atoms with E-state index < -0.39 is 0 Å². The van der Waals surface area contributed by atoms with Gasteiger partial charge >= 0.3 is 0 Å². The zero-order valence-corrected chi connectivity index (χ0v) is 13.5. The summed E-state index contributed by atoms with van der Waals surface area (Å²) in [5, 5.41) is 5.65. The van der Waals surface area contributed by atoms with Crippen molar-refractivity contribution in [3.05, 3.63) is 49.4 Å². The molecule has 0 saturated carbocycles. The van der Waals surface area contributed by atoms with Crippen LogP contribution in [0.25, 0.3) is 0 Å². The van der Waals surface area contributed by atoms with Gasteiger partial charge in [0.25, 0.3) is 0 Å². The lowest BCUT2D eigenvalue weighted by Gasteiger charge is -2.15. The van der Waals surface area contributed by atoms with Crippen LogP contribution in [-0.4, -0.2) is 12.0 Å². The SMILES string of the molecule is CNC(Cc1ccc(Cl)c(Cl)c1)c1sc(C)nc1C. The van der Waals surface area contributed by atoms with Crippen LogP contribution in [0.15, 0.2) is 18.2 Å². The molecular weight excluding hydrogens is 299 g/mol. The van der Waals surface area contributed by atoms with E-state index in [1.807, 2.05) is 32.2 Å². The van der Waals surface area contributed by atoms with Crippen molar-refractivity contribution < 1.29 is 0 Å². The smallest absolute Gasteiger partial charge is 0.0900 e. The van der Waals surface area contributed by atoms with Crippen molar-refractivity contribution in [2.75, 3.05) is 7.05 Å². The fourth-order valence-corrected chi connectivity index (χ4v) is 3.46. The number of aromatic nitrogens is 1. The molecule has 2 aromatic rings. The van der Waals surface area contributed by atoms with Crippen LogP contribution >= 0.6 is 34.5 Å². The molecule has 2 nitrogen and oxygen atoms in total. The van der Waals surface area contributed by atoms with Crippen molar-refractivity contribution in [2.45, 2.75) is 26.3 Å². The van der Waals surface area contributed by atoms with E-state index in [0.717, 1.165) is 17.1 Å². The molecule has 5 heteroatoms. The Bertz CT molecular complexity index is 581. The minimum absolute atomic E-state index is 0.253. The number of nitrogens with one attached hydrogen (secondary N) is 1. The first-order chi connectivity index (χ1) is 9.01. The molecule has 1 atom stereocenters. The van der Waals surface area contributed by atoms with Crippen LogP contribution in [0.4, 0.5) is 0 Å². The van der Waals surface area contributed by atoms with E-state index in [1.54, 1.807) is 11.3 Å². The first-order valence-corrected chi connectivity index (χ1v) is 7.63. The molecule has 0 saturated heterocycles. The molecule has 1 heterocycles. The van der Waals surface area contributed by atoms with Gasteiger partial charge in [-0.25, -0.2) is 4.98 Å². The maximum absolute atomic E-state index is 6.06. The van der Waals surface area contributed by atoms with Gasteiger partial charge < -0.3 is 5.32 Å². The minimum atomic E-state index is 0.253. The van der Waals surface area contributed by atoms with E-state index in [1.165, 1.54) is 10.4 Å². The normalized spacial score (nSPS) is 12.7. The van der Waals surface area contributed by atoms with Gasteiger partial charge in [-0.05, 0) is 45.0 Å². The van der Waals surface area contributed by atoms with E-state index in [9.17, 15) is 0 Å². The average molecular weight is 315 g/mol. The van der Waals surface area contributed by atoms with Crippen LogP contribution in [0.2, 0.25) is 10.0 Å². The highest BCUT2D eigenvalue weighted by Crippen LogP contribution is 2.29. The third-order valence-corrected chi connectivity index (χ3v) is 4.95. The average Bonchev–Trinajstić information content (AvgIpc) is 2.70. The second-order valence-electron chi connectivity index (χ2n) is 4.48. The highest BCUT2D eigenvalue weighted by molar-refractivity contribution is 7.11. The van der Waals surface area contributed by atoms with Gasteiger partial charge in [0.15, 0.2) is 0 Å². The van der Waals surface area contributed by atoms with Crippen molar-refractivity contribution in [1.82, 2.24) is 10.3 Å². The molecule has 19 heavy (non-hydrogen) atoms. The second kappa shape index (κ2) is 6.23. The summed E-state index contributed by atoms with van der Waals surface area (Å²) in [5.74, 6) is 0. The molecule has 0 radical (unpaired) electrons. The molecule has 0 amide bonds. The lowest BCUT2D eigenvalue weighted by atomic mass is 10.0. The van der Waals surface area contributed by atoms with Crippen molar-refractivity contribution >= 4 is 34.5 Å². The van der Waals surface area contributed by atoms with Gasteiger partial charge in [0.05, 0.1) is 20.7 Å². The number of benzene rings is 1. The topological polar surface area (TPSA) is 24.9 Å². The summed E-state index contributed by atoms with van der Waals surface area (Å²) in [5.41, 5.74) is 2.26. The zero-order chi connectivity index (χ0) is 14.0. The minimum Gasteiger partial charge on any atom is -0.312 e. The predicted molar refractivity (Wildman–Crippen MR) is 83.6 cm³/mol. The van der Waals surface area contributed by atoms with Gasteiger partial charge in [0.1, 0.15) is 0 Å². The number of aryl methyl sites for hydroxylation is 2. The fourth-order valence-electron chi connectivity index (χ4n) is 2.10. The Morgan fingerprint density at radius 3 is 2.53 bits per heavy atom. The Hall–Kier alpha value is -0.610. The molecule has 1 aromatic carbocycles. The summed E-state index contributed by atoms with van der Waals surface area (Å²) in [4.78, 5) is 5.77. The lowest BCUT2D eigenvalue weighted by molar-refractivity contribution is 0.598. The molecule has 0 aliphatic rings. The van der Waals surface area contributed by atoms with Crippen molar-refractivity contribution in [2.24, 2.45) is 0 Å². The maximum atomic E-state index is 6.06. The molecule has 1 aromatic heterocycles. The number of halogens is 2. The van der Waals surface area contributed by atoms with Gasteiger partial charge in [-0.2, -0.15) is 0 Å². The number of nitrogens with zero attached hydrogens (tertiary/aromatic N) is 1. The standard InChI is InChI=1S/C14H16Cl2N2S/c1-8-14(19-9(2)18-8)13(17-3)7-10-4-5-11(15)12(16)6-10/h4-6,13,17H,7H2,1-3H3. The van der Waals surface area contributed by atoms with Crippen LogP contribution in [0, 0.1) is 13.8 Å². The predicted octanol–water partition coefficient (Wildman–Crippen LogP) is 4.57. The Morgan fingerprint density at radius 2 is 2.00 bits per heavy atom. The summed E-state index contributed by atoms with van der Waals surface area (Å²) in [7, 11) is 1.97. The lowest BCUT2D eigenvalue weighted by Crippen LogP contribution is -2.18. The quantitative estimate of drug-likeness (QED) is 0.894. The van der Waals surface area contributed by atoms with Gasteiger partial charge in [0.2, 0.25) is 0 Å². The third-order valence-electron chi connectivity index (χ3n) is 3.03. The van der Waals surface area contributed by atoms with Crippen LogP contribution in [-0.2, 0) is 6.42 Å². The summed E-state index contributed by atoms with van der Waals surface area (Å²) >= 11 is 13.7. The Morgan fingerprint density at radius 1 is 1.26 bits per heavy atom. The van der Waals surface area contributed by atoms with Crippen molar-refractivity contribution in [3.8, 4) is 0 Å². The summed E-state index contributed by atoms with van der Waals surface area (Å²) < 4.78 is 0. The van der Waals surface area contributed by atoms with E-state index in [2.05, 4.69) is 17.2 Å². The van der Waals surface area contributed by atoms with Crippen LogP contribution in [0.1, 0.15) is 27.2 Å². The summed E-state index contributed by atoms with van der Waals surface area (Å²) in [6.07, 6.45) is 0.871. The number of likely N-dealkylation sites (N-methyl/N-ethyl adjacent to an activating group) is 1. The molecule has 102 valence electrons. The Labute approximate surface area is 127 Å². The molecule has 0 fully saturated rings. The largest absolute Gasteiger partial charge is 0.312 e. The van der Waals surface area contributed by atoms with E-state index >= 15 is 0 Å². The van der Waals surface area contributed by atoms with Crippen molar-refractivity contribution in [3.63, 3.8) is 0 Å². The molecule has 0 bridgehead atoms. The van der Waals surface area contributed by atoms with Gasteiger partial charge in [-0.3, -0.25) is 0 Å². The van der Waals surface area contributed by atoms with Crippen LogP contribution < -0.4 is 5.32 Å².